The molecule has 0 aliphatic rings. The standard InChI is InChI=1S/C18H21ClN2O3/c1-12(21-15-6-8-16(24-2)9-7-15)17(22)18(23)20-11-13-4-3-5-14(19)10-13/h3-10,12,17,21-22H,11H2,1-2H3,(H,20,23). The predicted octanol–water partition coefficient (Wildman–Crippen LogP) is 2.83. The van der Waals surface area contributed by atoms with Crippen LogP contribution in [0.4, 0.5) is 5.69 Å². The van der Waals surface area contributed by atoms with E-state index in [4.69, 9.17) is 16.3 Å². The van der Waals surface area contributed by atoms with Crippen LogP contribution in [-0.4, -0.2) is 30.3 Å². The third-order valence-corrected chi connectivity index (χ3v) is 3.82. The lowest BCUT2D eigenvalue weighted by atomic mass is 10.1. The molecule has 0 saturated heterocycles. The summed E-state index contributed by atoms with van der Waals surface area (Å²) in [5, 5.41) is 16.6. The van der Waals surface area contributed by atoms with Crippen LogP contribution in [0.5, 0.6) is 5.75 Å². The zero-order valence-corrected chi connectivity index (χ0v) is 14.4. The van der Waals surface area contributed by atoms with Gasteiger partial charge >= 0.3 is 0 Å². The number of carbonyl (C=O) groups excluding carboxylic acids is 1. The van der Waals surface area contributed by atoms with Gasteiger partial charge in [0.05, 0.1) is 13.2 Å². The van der Waals surface area contributed by atoms with Gasteiger partial charge in [-0.25, -0.2) is 0 Å². The Morgan fingerprint density at radius 3 is 2.58 bits per heavy atom. The number of hydrogen-bond donors (Lipinski definition) is 3. The summed E-state index contributed by atoms with van der Waals surface area (Å²) in [6.45, 7) is 2.06. The first-order valence-electron chi connectivity index (χ1n) is 7.60. The molecule has 2 aromatic rings. The van der Waals surface area contributed by atoms with Crippen LogP contribution in [-0.2, 0) is 11.3 Å². The largest absolute Gasteiger partial charge is 0.497 e. The number of anilines is 1. The van der Waals surface area contributed by atoms with Gasteiger partial charge in [-0.3, -0.25) is 4.79 Å². The fourth-order valence-electron chi connectivity index (χ4n) is 2.20. The third kappa shape index (κ3) is 5.15. The molecule has 2 rings (SSSR count). The van der Waals surface area contributed by atoms with Crippen LogP contribution in [0.1, 0.15) is 12.5 Å². The lowest BCUT2D eigenvalue weighted by Gasteiger charge is -2.21. The lowest BCUT2D eigenvalue weighted by Crippen LogP contribution is -2.43. The molecule has 0 spiro atoms. The summed E-state index contributed by atoms with van der Waals surface area (Å²) in [6.07, 6.45) is -1.17. The molecule has 128 valence electrons. The highest BCUT2D eigenvalue weighted by Gasteiger charge is 2.22. The number of nitrogens with one attached hydrogen (secondary N) is 2. The highest BCUT2D eigenvalue weighted by Crippen LogP contribution is 2.16. The molecule has 2 aromatic carbocycles. The van der Waals surface area contributed by atoms with Gasteiger partial charge in [0, 0.05) is 17.3 Å². The Balaban J connectivity index is 1.86. The Hall–Kier alpha value is -2.24. The molecule has 5 nitrogen and oxygen atoms in total. The summed E-state index contributed by atoms with van der Waals surface area (Å²) < 4.78 is 5.09. The van der Waals surface area contributed by atoms with Gasteiger partial charge in [0.2, 0.25) is 0 Å². The van der Waals surface area contributed by atoms with Gasteiger partial charge in [0.1, 0.15) is 5.75 Å². The first kappa shape index (κ1) is 18.1. The van der Waals surface area contributed by atoms with Crippen molar-refractivity contribution in [3.63, 3.8) is 0 Å². The summed E-state index contributed by atoms with van der Waals surface area (Å²) in [7, 11) is 1.60. The number of aliphatic hydroxyl groups excluding tert-OH is 1. The zero-order chi connectivity index (χ0) is 17.5. The van der Waals surface area contributed by atoms with Gasteiger partial charge in [0.15, 0.2) is 6.10 Å². The minimum atomic E-state index is -1.17. The van der Waals surface area contributed by atoms with Crippen LogP contribution in [0, 0.1) is 0 Å². The van der Waals surface area contributed by atoms with Gasteiger partial charge in [0.25, 0.3) is 5.91 Å². The average molecular weight is 349 g/mol. The minimum Gasteiger partial charge on any atom is -0.497 e. The predicted molar refractivity (Wildman–Crippen MR) is 95.4 cm³/mol. The second kappa shape index (κ2) is 8.57. The van der Waals surface area contributed by atoms with Crippen molar-refractivity contribution in [2.24, 2.45) is 0 Å². The minimum absolute atomic E-state index is 0.311. The summed E-state index contributed by atoms with van der Waals surface area (Å²) in [5.41, 5.74) is 1.67. The molecule has 0 saturated carbocycles. The van der Waals surface area contributed by atoms with Crippen molar-refractivity contribution in [3.8, 4) is 5.75 Å². The number of methoxy groups -OCH3 is 1. The molecule has 0 fully saturated rings. The van der Waals surface area contributed by atoms with Gasteiger partial charge in [-0.15, -0.1) is 0 Å². The number of rotatable bonds is 7. The fourth-order valence-corrected chi connectivity index (χ4v) is 2.41. The Labute approximate surface area is 146 Å². The molecular formula is C18H21ClN2O3. The summed E-state index contributed by atoms with van der Waals surface area (Å²) in [4.78, 5) is 12.1. The highest BCUT2D eigenvalue weighted by atomic mass is 35.5. The average Bonchev–Trinajstić information content (AvgIpc) is 2.59. The fraction of sp³-hybridized carbons (Fsp3) is 0.278. The van der Waals surface area contributed by atoms with E-state index in [0.717, 1.165) is 17.0 Å². The van der Waals surface area contributed by atoms with Crippen LogP contribution in [0.2, 0.25) is 5.02 Å². The Kier molecular flexibility index (Phi) is 6.46. The first-order valence-corrected chi connectivity index (χ1v) is 7.98. The number of carbonyl (C=O) groups is 1. The van der Waals surface area contributed by atoms with Crippen LogP contribution in [0.15, 0.2) is 48.5 Å². The molecule has 0 radical (unpaired) electrons. The molecule has 6 heteroatoms. The van der Waals surface area contributed by atoms with Gasteiger partial charge < -0.3 is 20.5 Å². The maximum Gasteiger partial charge on any atom is 0.251 e. The topological polar surface area (TPSA) is 70.6 Å². The van der Waals surface area contributed by atoms with Crippen LogP contribution >= 0.6 is 11.6 Å². The third-order valence-electron chi connectivity index (χ3n) is 3.58. The number of benzene rings is 2. The Bertz CT molecular complexity index is 676. The van der Waals surface area contributed by atoms with E-state index in [2.05, 4.69) is 10.6 Å². The maximum absolute atomic E-state index is 12.1. The van der Waals surface area contributed by atoms with Crippen LogP contribution in [0.25, 0.3) is 0 Å². The quantitative estimate of drug-likeness (QED) is 0.719. The molecule has 0 bridgehead atoms. The molecule has 2 unspecified atom stereocenters. The lowest BCUT2D eigenvalue weighted by molar-refractivity contribution is -0.129. The molecule has 0 aliphatic heterocycles. The summed E-state index contributed by atoms with van der Waals surface area (Å²) >= 11 is 5.90. The monoisotopic (exact) mass is 348 g/mol. The number of aliphatic hydroxyl groups is 1. The Morgan fingerprint density at radius 2 is 1.96 bits per heavy atom. The second-order valence-corrected chi connectivity index (χ2v) is 5.89. The molecule has 1 amide bonds. The van der Waals surface area contributed by atoms with E-state index in [0.29, 0.717) is 11.6 Å². The van der Waals surface area contributed by atoms with Crippen molar-refractivity contribution in [3.05, 3.63) is 59.1 Å². The first-order chi connectivity index (χ1) is 11.5. The van der Waals surface area contributed by atoms with Crippen molar-refractivity contribution in [1.82, 2.24) is 5.32 Å². The smallest absolute Gasteiger partial charge is 0.251 e. The van der Waals surface area contributed by atoms with E-state index in [1.165, 1.54) is 0 Å². The molecule has 24 heavy (non-hydrogen) atoms. The van der Waals surface area contributed by atoms with Crippen molar-refractivity contribution < 1.29 is 14.6 Å². The number of ether oxygens (including phenoxy) is 1. The van der Waals surface area contributed by atoms with E-state index in [1.54, 1.807) is 38.3 Å². The van der Waals surface area contributed by atoms with Gasteiger partial charge in [-0.1, -0.05) is 23.7 Å². The van der Waals surface area contributed by atoms with Crippen molar-refractivity contribution >= 4 is 23.2 Å². The molecule has 3 N–H and O–H groups in total. The normalized spacial score (nSPS) is 13.0. The SMILES string of the molecule is COc1ccc(NC(C)C(O)C(=O)NCc2cccc(Cl)c2)cc1. The van der Waals surface area contributed by atoms with Crippen LogP contribution in [0.3, 0.4) is 0 Å². The van der Waals surface area contributed by atoms with Crippen molar-refractivity contribution in [2.45, 2.75) is 25.6 Å². The summed E-state index contributed by atoms with van der Waals surface area (Å²) in [5.74, 6) is 0.302. The molecule has 0 aliphatic carbocycles. The molecule has 0 heterocycles. The van der Waals surface area contributed by atoms with Gasteiger partial charge in [-0.05, 0) is 48.9 Å². The van der Waals surface area contributed by atoms with E-state index >= 15 is 0 Å². The Morgan fingerprint density at radius 1 is 1.25 bits per heavy atom. The maximum atomic E-state index is 12.1. The number of hydrogen-bond acceptors (Lipinski definition) is 4. The van der Waals surface area contributed by atoms with E-state index in [1.807, 2.05) is 24.3 Å². The van der Waals surface area contributed by atoms with Crippen molar-refractivity contribution in [1.29, 1.82) is 0 Å². The van der Waals surface area contributed by atoms with E-state index in [-0.39, 0.29) is 0 Å². The summed E-state index contributed by atoms with van der Waals surface area (Å²) in [6, 6.07) is 14.0. The second-order valence-electron chi connectivity index (χ2n) is 5.45. The molecular weight excluding hydrogens is 328 g/mol. The molecule has 0 aromatic heterocycles. The molecule has 2 atom stereocenters. The van der Waals surface area contributed by atoms with Gasteiger partial charge in [-0.2, -0.15) is 0 Å². The zero-order valence-electron chi connectivity index (χ0n) is 13.6. The number of amides is 1. The highest BCUT2D eigenvalue weighted by molar-refractivity contribution is 6.30. The van der Waals surface area contributed by atoms with E-state index < -0.39 is 18.1 Å². The van der Waals surface area contributed by atoms with E-state index in [9.17, 15) is 9.90 Å². The number of halogens is 1. The van der Waals surface area contributed by atoms with Crippen molar-refractivity contribution in [2.75, 3.05) is 12.4 Å². The van der Waals surface area contributed by atoms with Crippen LogP contribution < -0.4 is 15.4 Å².